The average Bonchev–Trinajstić information content (AvgIpc) is 3.03. The molecule has 130 valence electrons. The maximum Gasteiger partial charge on any atom is 0.124 e. The summed E-state index contributed by atoms with van der Waals surface area (Å²) in [4.78, 5) is 2.53. The zero-order valence-corrected chi connectivity index (χ0v) is 15.1. The molecule has 0 spiro atoms. The van der Waals surface area contributed by atoms with Gasteiger partial charge in [-0.05, 0) is 44.1 Å². The third-order valence-electron chi connectivity index (χ3n) is 4.47. The molecule has 0 aliphatic carbocycles. The third kappa shape index (κ3) is 5.23. The van der Waals surface area contributed by atoms with Crippen molar-refractivity contribution in [1.29, 1.82) is 0 Å². The third-order valence-corrected chi connectivity index (χ3v) is 4.47. The van der Waals surface area contributed by atoms with Gasteiger partial charge in [0.15, 0.2) is 0 Å². The van der Waals surface area contributed by atoms with Crippen LogP contribution in [0, 0.1) is 5.92 Å². The molecule has 24 heavy (non-hydrogen) atoms. The Hall–Kier alpha value is -1.55. The second kappa shape index (κ2) is 9.67. The Morgan fingerprint density at radius 3 is 2.62 bits per heavy atom. The summed E-state index contributed by atoms with van der Waals surface area (Å²) < 4.78 is 6.07. The molecule has 3 rings (SSSR count). The van der Waals surface area contributed by atoms with Crippen LogP contribution in [0.15, 0.2) is 54.6 Å². The number of rotatable bonds is 7. The molecule has 2 aromatic rings. The molecule has 1 fully saturated rings. The molecule has 1 aliphatic rings. The van der Waals surface area contributed by atoms with E-state index in [1.807, 2.05) is 13.1 Å². The molecule has 0 radical (unpaired) electrons. The maximum absolute atomic E-state index is 6.07. The highest BCUT2D eigenvalue weighted by molar-refractivity contribution is 5.85. The molecule has 1 unspecified atom stereocenters. The summed E-state index contributed by atoms with van der Waals surface area (Å²) in [6.45, 7) is 5.07. The quantitative estimate of drug-likeness (QED) is 0.826. The van der Waals surface area contributed by atoms with Gasteiger partial charge in [-0.2, -0.15) is 0 Å². The van der Waals surface area contributed by atoms with Crippen molar-refractivity contribution in [3.8, 4) is 5.75 Å². The molecule has 0 bridgehead atoms. The van der Waals surface area contributed by atoms with Crippen LogP contribution in [-0.4, -0.2) is 31.6 Å². The van der Waals surface area contributed by atoms with E-state index in [0.717, 1.165) is 24.8 Å². The van der Waals surface area contributed by atoms with Crippen molar-refractivity contribution in [3.05, 3.63) is 65.7 Å². The monoisotopic (exact) mass is 346 g/mol. The van der Waals surface area contributed by atoms with E-state index in [2.05, 4.69) is 58.7 Å². The van der Waals surface area contributed by atoms with Crippen LogP contribution < -0.4 is 10.1 Å². The van der Waals surface area contributed by atoms with Gasteiger partial charge in [-0.3, -0.25) is 4.90 Å². The molecule has 2 aromatic carbocycles. The number of para-hydroxylation sites is 1. The Kier molecular flexibility index (Phi) is 7.57. The standard InChI is InChI=1S/C20H26N2O.ClH/c1-21-13-18-11-12-22(14-18)15-19-9-5-6-10-20(19)23-16-17-7-3-2-4-8-17;/h2-10,18,21H,11-16H2,1H3;1H. The summed E-state index contributed by atoms with van der Waals surface area (Å²) in [5, 5.41) is 3.29. The van der Waals surface area contributed by atoms with E-state index >= 15 is 0 Å². The predicted octanol–water partition coefficient (Wildman–Crippen LogP) is 3.73. The summed E-state index contributed by atoms with van der Waals surface area (Å²) >= 11 is 0. The molecule has 3 nitrogen and oxygen atoms in total. The number of hydrogen-bond acceptors (Lipinski definition) is 3. The summed E-state index contributed by atoms with van der Waals surface area (Å²) in [5.74, 6) is 1.78. The molecule has 1 atom stereocenters. The zero-order valence-electron chi connectivity index (χ0n) is 14.3. The molecular weight excluding hydrogens is 320 g/mol. The molecule has 1 saturated heterocycles. The first-order chi connectivity index (χ1) is 11.3. The van der Waals surface area contributed by atoms with Crippen LogP contribution in [0.4, 0.5) is 0 Å². The van der Waals surface area contributed by atoms with Crippen molar-refractivity contribution in [3.63, 3.8) is 0 Å². The fourth-order valence-electron chi connectivity index (χ4n) is 3.26. The summed E-state index contributed by atoms with van der Waals surface area (Å²) in [6, 6.07) is 18.8. The number of likely N-dealkylation sites (tertiary alicyclic amines) is 1. The fourth-order valence-corrected chi connectivity index (χ4v) is 3.26. The molecule has 0 aromatic heterocycles. The van der Waals surface area contributed by atoms with Gasteiger partial charge in [0.2, 0.25) is 0 Å². The van der Waals surface area contributed by atoms with Crippen molar-refractivity contribution in [1.82, 2.24) is 10.2 Å². The highest BCUT2D eigenvalue weighted by Crippen LogP contribution is 2.24. The molecule has 1 N–H and O–H groups in total. The number of hydrogen-bond donors (Lipinski definition) is 1. The van der Waals surface area contributed by atoms with Gasteiger partial charge >= 0.3 is 0 Å². The first kappa shape index (κ1) is 18.8. The van der Waals surface area contributed by atoms with E-state index in [4.69, 9.17) is 4.74 Å². The second-order valence-electron chi connectivity index (χ2n) is 6.33. The lowest BCUT2D eigenvalue weighted by atomic mass is 10.1. The first-order valence-electron chi connectivity index (χ1n) is 8.46. The van der Waals surface area contributed by atoms with Gasteiger partial charge in [-0.15, -0.1) is 12.4 Å². The average molecular weight is 347 g/mol. The van der Waals surface area contributed by atoms with Crippen molar-refractivity contribution in [2.75, 3.05) is 26.7 Å². The fraction of sp³-hybridized carbons (Fsp3) is 0.400. The number of nitrogens with zero attached hydrogens (tertiary/aromatic N) is 1. The Labute approximate surface area is 151 Å². The molecule has 1 heterocycles. The Balaban J connectivity index is 0.00000208. The lowest BCUT2D eigenvalue weighted by molar-refractivity contribution is 0.281. The highest BCUT2D eigenvalue weighted by Gasteiger charge is 2.22. The molecular formula is C20H27ClN2O. The smallest absolute Gasteiger partial charge is 0.124 e. The Morgan fingerprint density at radius 2 is 1.83 bits per heavy atom. The first-order valence-corrected chi connectivity index (χ1v) is 8.46. The number of halogens is 1. The topological polar surface area (TPSA) is 24.5 Å². The van der Waals surface area contributed by atoms with E-state index in [1.54, 1.807) is 0 Å². The van der Waals surface area contributed by atoms with Gasteiger partial charge < -0.3 is 10.1 Å². The molecule has 0 amide bonds. The summed E-state index contributed by atoms with van der Waals surface area (Å²) in [5.41, 5.74) is 2.49. The van der Waals surface area contributed by atoms with Crippen LogP contribution in [0.25, 0.3) is 0 Å². The van der Waals surface area contributed by atoms with E-state index in [-0.39, 0.29) is 12.4 Å². The maximum atomic E-state index is 6.07. The predicted molar refractivity (Wildman–Crippen MR) is 102 cm³/mol. The van der Waals surface area contributed by atoms with Crippen LogP contribution >= 0.6 is 12.4 Å². The normalized spacial score (nSPS) is 17.5. The Morgan fingerprint density at radius 1 is 1.08 bits per heavy atom. The van der Waals surface area contributed by atoms with Crippen molar-refractivity contribution in [2.45, 2.75) is 19.6 Å². The van der Waals surface area contributed by atoms with Gasteiger partial charge in [0, 0.05) is 18.7 Å². The van der Waals surface area contributed by atoms with Crippen molar-refractivity contribution in [2.24, 2.45) is 5.92 Å². The van der Waals surface area contributed by atoms with E-state index < -0.39 is 0 Å². The number of ether oxygens (including phenoxy) is 1. The van der Waals surface area contributed by atoms with E-state index in [9.17, 15) is 0 Å². The summed E-state index contributed by atoms with van der Waals surface area (Å²) in [6.07, 6.45) is 1.29. The lowest BCUT2D eigenvalue weighted by Crippen LogP contribution is -2.24. The zero-order chi connectivity index (χ0) is 15.9. The molecule has 0 saturated carbocycles. The minimum absolute atomic E-state index is 0. The summed E-state index contributed by atoms with van der Waals surface area (Å²) in [7, 11) is 2.04. The number of benzene rings is 2. The minimum Gasteiger partial charge on any atom is -0.489 e. The van der Waals surface area contributed by atoms with Crippen LogP contribution in [-0.2, 0) is 13.2 Å². The van der Waals surface area contributed by atoms with Crippen LogP contribution in [0.3, 0.4) is 0 Å². The minimum atomic E-state index is 0. The van der Waals surface area contributed by atoms with Gasteiger partial charge in [0.05, 0.1) is 0 Å². The highest BCUT2D eigenvalue weighted by atomic mass is 35.5. The lowest BCUT2D eigenvalue weighted by Gasteiger charge is -2.18. The second-order valence-corrected chi connectivity index (χ2v) is 6.33. The van der Waals surface area contributed by atoms with E-state index in [1.165, 1.54) is 30.6 Å². The van der Waals surface area contributed by atoms with Gasteiger partial charge in [-0.25, -0.2) is 0 Å². The van der Waals surface area contributed by atoms with Crippen molar-refractivity contribution >= 4 is 12.4 Å². The van der Waals surface area contributed by atoms with Gasteiger partial charge in [0.1, 0.15) is 12.4 Å². The van der Waals surface area contributed by atoms with Gasteiger partial charge in [0.25, 0.3) is 0 Å². The Bertz CT molecular complexity index is 606. The largest absolute Gasteiger partial charge is 0.489 e. The SMILES string of the molecule is CNCC1CCN(Cc2ccccc2OCc2ccccc2)C1.Cl. The van der Waals surface area contributed by atoms with E-state index in [0.29, 0.717) is 6.61 Å². The van der Waals surface area contributed by atoms with Crippen LogP contribution in [0.2, 0.25) is 0 Å². The van der Waals surface area contributed by atoms with Gasteiger partial charge in [-0.1, -0.05) is 48.5 Å². The van der Waals surface area contributed by atoms with Crippen LogP contribution in [0.1, 0.15) is 17.5 Å². The molecule has 4 heteroatoms. The molecule has 1 aliphatic heterocycles. The van der Waals surface area contributed by atoms with Crippen molar-refractivity contribution < 1.29 is 4.74 Å². The van der Waals surface area contributed by atoms with Crippen LogP contribution in [0.5, 0.6) is 5.75 Å². The number of nitrogens with one attached hydrogen (secondary N) is 1.